The van der Waals surface area contributed by atoms with E-state index in [0.717, 1.165) is 0 Å². The molecule has 0 amide bonds. The van der Waals surface area contributed by atoms with Gasteiger partial charge in [-0.05, 0) is 13.8 Å². The number of esters is 2. The third kappa shape index (κ3) is 4.41. The van der Waals surface area contributed by atoms with E-state index in [1.807, 2.05) is 12.1 Å². The number of carbonyl (C=O) groups excluding carboxylic acids is 2. The van der Waals surface area contributed by atoms with Gasteiger partial charge in [-0.15, -0.1) is 0 Å². The fraction of sp³-hybridized carbons (Fsp3) is 0.300. The van der Waals surface area contributed by atoms with Crippen molar-refractivity contribution in [2.75, 3.05) is 13.2 Å². The van der Waals surface area contributed by atoms with Crippen molar-refractivity contribution >= 4 is 29.7 Å². The Morgan fingerprint density at radius 3 is 1.73 bits per heavy atom. The Bertz CT molecular complexity index is 730. The largest absolute Gasteiger partial charge is 0.466 e. The molecule has 0 spiro atoms. The van der Waals surface area contributed by atoms with Gasteiger partial charge in [-0.1, -0.05) is 60.7 Å². The zero-order valence-corrected chi connectivity index (χ0v) is 15.9. The van der Waals surface area contributed by atoms with Gasteiger partial charge in [-0.3, -0.25) is 9.59 Å². The number of hydrogen-bond donors (Lipinski definition) is 0. The van der Waals surface area contributed by atoms with Gasteiger partial charge in [0.1, 0.15) is 5.66 Å². The van der Waals surface area contributed by atoms with E-state index >= 15 is 0 Å². The summed E-state index contributed by atoms with van der Waals surface area (Å²) in [5, 5.41) is 1.02. The van der Waals surface area contributed by atoms with Gasteiger partial charge in [0.2, 0.25) is 0 Å². The van der Waals surface area contributed by atoms with Gasteiger partial charge in [-0.25, -0.2) is 0 Å². The third-order valence-electron chi connectivity index (χ3n) is 3.94. The number of hydrogen-bond acceptors (Lipinski definition) is 5. The quantitative estimate of drug-likeness (QED) is 0.525. The standard InChI is InChI=1S/C20H23O5P/c1-3-24-19(21)15-18(20(22)25-4-2)26(23,16-11-7-5-8-12-16)17-13-9-6-10-14-17/h5-14,18H,3-4,15H2,1-2H3/t18-/m0/s1. The van der Waals surface area contributed by atoms with Crippen molar-refractivity contribution in [2.24, 2.45) is 0 Å². The zero-order valence-electron chi connectivity index (χ0n) is 15.0. The first-order valence-electron chi connectivity index (χ1n) is 8.57. The van der Waals surface area contributed by atoms with Crippen molar-refractivity contribution in [3.63, 3.8) is 0 Å². The number of ether oxygens (including phenoxy) is 2. The highest BCUT2D eigenvalue weighted by Crippen LogP contribution is 2.50. The van der Waals surface area contributed by atoms with Gasteiger partial charge in [0, 0.05) is 10.6 Å². The van der Waals surface area contributed by atoms with Crippen LogP contribution < -0.4 is 10.6 Å². The molecule has 0 heterocycles. The Morgan fingerprint density at radius 2 is 1.31 bits per heavy atom. The molecular weight excluding hydrogens is 351 g/mol. The fourth-order valence-electron chi connectivity index (χ4n) is 2.78. The van der Waals surface area contributed by atoms with E-state index in [-0.39, 0.29) is 19.6 Å². The summed E-state index contributed by atoms with van der Waals surface area (Å²) in [6, 6.07) is 17.5. The van der Waals surface area contributed by atoms with Crippen molar-refractivity contribution < 1.29 is 23.6 Å². The average Bonchev–Trinajstić information content (AvgIpc) is 2.67. The van der Waals surface area contributed by atoms with Crippen LogP contribution in [0.15, 0.2) is 60.7 Å². The topological polar surface area (TPSA) is 69.7 Å². The van der Waals surface area contributed by atoms with Crippen LogP contribution in [0.5, 0.6) is 0 Å². The van der Waals surface area contributed by atoms with Crippen LogP contribution in [0.1, 0.15) is 20.3 Å². The molecular formula is C20H23O5P. The Labute approximate surface area is 153 Å². The van der Waals surface area contributed by atoms with E-state index in [9.17, 15) is 14.2 Å². The van der Waals surface area contributed by atoms with Crippen LogP contribution in [0.25, 0.3) is 0 Å². The van der Waals surface area contributed by atoms with Crippen molar-refractivity contribution in [1.82, 2.24) is 0 Å². The van der Waals surface area contributed by atoms with E-state index in [0.29, 0.717) is 10.6 Å². The lowest BCUT2D eigenvalue weighted by Gasteiger charge is -2.26. The molecule has 0 fully saturated rings. The van der Waals surface area contributed by atoms with Gasteiger partial charge in [0.15, 0.2) is 7.14 Å². The maximum absolute atomic E-state index is 14.3. The minimum atomic E-state index is -3.47. The van der Waals surface area contributed by atoms with Gasteiger partial charge in [0.25, 0.3) is 0 Å². The number of carbonyl (C=O) groups is 2. The van der Waals surface area contributed by atoms with Gasteiger partial charge in [0.05, 0.1) is 19.6 Å². The summed E-state index contributed by atoms with van der Waals surface area (Å²) in [7, 11) is -3.47. The Morgan fingerprint density at radius 1 is 0.846 bits per heavy atom. The second-order valence-electron chi connectivity index (χ2n) is 5.61. The van der Waals surface area contributed by atoms with Crippen molar-refractivity contribution in [3.05, 3.63) is 60.7 Å². The molecule has 0 saturated heterocycles. The molecule has 5 nitrogen and oxygen atoms in total. The van der Waals surface area contributed by atoms with Gasteiger partial charge in [-0.2, -0.15) is 0 Å². The SMILES string of the molecule is CCOC(=O)C[C@@H](C(=O)OCC)P(=O)(c1ccccc1)c1ccccc1. The van der Waals surface area contributed by atoms with Crippen LogP contribution in [0.3, 0.4) is 0 Å². The van der Waals surface area contributed by atoms with Crippen LogP contribution in [0.2, 0.25) is 0 Å². The van der Waals surface area contributed by atoms with E-state index in [2.05, 4.69) is 0 Å². The van der Waals surface area contributed by atoms with E-state index in [1.165, 1.54) is 0 Å². The maximum atomic E-state index is 14.3. The molecule has 0 aromatic heterocycles. The molecule has 2 rings (SSSR count). The van der Waals surface area contributed by atoms with Crippen molar-refractivity contribution in [2.45, 2.75) is 25.9 Å². The molecule has 138 valence electrons. The Balaban J connectivity index is 2.60. The average molecular weight is 374 g/mol. The first-order chi connectivity index (χ1) is 12.5. The summed E-state index contributed by atoms with van der Waals surface area (Å²) in [5.74, 6) is -1.23. The van der Waals surface area contributed by atoms with E-state index < -0.39 is 24.7 Å². The molecule has 6 heteroatoms. The highest BCUT2D eigenvalue weighted by molar-refractivity contribution is 7.80. The maximum Gasteiger partial charge on any atom is 0.317 e. The molecule has 2 aromatic carbocycles. The molecule has 0 bridgehead atoms. The first kappa shape index (κ1) is 19.9. The molecule has 0 unspecified atom stereocenters. The lowest BCUT2D eigenvalue weighted by Crippen LogP contribution is -2.35. The monoisotopic (exact) mass is 374 g/mol. The highest BCUT2D eigenvalue weighted by atomic mass is 31.2. The molecule has 0 aliphatic heterocycles. The highest BCUT2D eigenvalue weighted by Gasteiger charge is 2.43. The molecule has 0 saturated carbocycles. The van der Waals surface area contributed by atoms with Crippen LogP contribution in [0, 0.1) is 0 Å². The molecule has 0 N–H and O–H groups in total. The summed E-state index contributed by atoms with van der Waals surface area (Å²) in [4.78, 5) is 24.8. The van der Waals surface area contributed by atoms with Crippen LogP contribution in [0.4, 0.5) is 0 Å². The zero-order chi connectivity index (χ0) is 19.0. The Hall–Kier alpha value is -2.39. The van der Waals surface area contributed by atoms with Crippen LogP contribution in [-0.4, -0.2) is 30.8 Å². The molecule has 1 atom stereocenters. The predicted molar refractivity (Wildman–Crippen MR) is 101 cm³/mol. The summed E-state index contributed by atoms with van der Waals surface area (Å²) in [6.45, 7) is 3.69. The minimum absolute atomic E-state index is 0.141. The smallest absolute Gasteiger partial charge is 0.317 e. The predicted octanol–water partition coefficient (Wildman–Crippen LogP) is 2.89. The Kier molecular flexibility index (Phi) is 7.16. The molecule has 0 aliphatic rings. The summed E-state index contributed by atoms with van der Waals surface area (Å²) in [5.41, 5.74) is -1.13. The summed E-state index contributed by atoms with van der Waals surface area (Å²) >= 11 is 0. The van der Waals surface area contributed by atoms with E-state index in [4.69, 9.17) is 9.47 Å². The van der Waals surface area contributed by atoms with Crippen LogP contribution >= 0.6 is 7.14 Å². The normalized spacial score (nSPS) is 12.2. The lowest BCUT2D eigenvalue weighted by molar-refractivity contribution is -0.149. The fourth-order valence-corrected chi connectivity index (χ4v) is 5.81. The second kappa shape index (κ2) is 9.35. The van der Waals surface area contributed by atoms with E-state index in [1.54, 1.807) is 62.4 Å². The molecule has 0 aliphatic carbocycles. The molecule has 0 radical (unpaired) electrons. The second-order valence-corrected chi connectivity index (χ2v) is 8.58. The summed E-state index contributed by atoms with van der Waals surface area (Å²) < 4.78 is 24.4. The van der Waals surface area contributed by atoms with Gasteiger partial charge < -0.3 is 14.0 Å². The lowest BCUT2D eigenvalue weighted by atomic mass is 10.3. The first-order valence-corrected chi connectivity index (χ1v) is 10.3. The van der Waals surface area contributed by atoms with Crippen molar-refractivity contribution in [3.8, 4) is 0 Å². The minimum Gasteiger partial charge on any atom is -0.466 e. The van der Waals surface area contributed by atoms with Crippen LogP contribution in [-0.2, 0) is 23.6 Å². The number of rotatable bonds is 8. The van der Waals surface area contributed by atoms with Gasteiger partial charge >= 0.3 is 11.9 Å². The summed E-state index contributed by atoms with van der Waals surface area (Å²) in [6.07, 6.45) is -0.298. The molecule has 2 aromatic rings. The third-order valence-corrected chi connectivity index (χ3v) is 7.34. The molecule has 26 heavy (non-hydrogen) atoms. The van der Waals surface area contributed by atoms with Crippen molar-refractivity contribution in [1.29, 1.82) is 0 Å². The number of benzene rings is 2.